The zero-order valence-electron chi connectivity index (χ0n) is 19.9. The first-order chi connectivity index (χ1) is 18.4. The van der Waals surface area contributed by atoms with Gasteiger partial charge in [0.2, 0.25) is 11.0 Å². The van der Waals surface area contributed by atoms with E-state index in [1.54, 1.807) is 46.7 Å². The Morgan fingerprint density at radius 2 is 1.82 bits per heavy atom. The van der Waals surface area contributed by atoms with Crippen LogP contribution in [0.3, 0.4) is 0 Å². The van der Waals surface area contributed by atoms with Crippen LogP contribution in [0.25, 0.3) is 5.69 Å². The van der Waals surface area contributed by atoms with Crippen LogP contribution < -0.4 is 15.4 Å². The van der Waals surface area contributed by atoms with Crippen LogP contribution in [0.1, 0.15) is 12.7 Å². The molecule has 0 unspecified atom stereocenters. The number of rotatable bonds is 12. The van der Waals surface area contributed by atoms with Crippen LogP contribution in [0.5, 0.6) is 5.75 Å². The van der Waals surface area contributed by atoms with Gasteiger partial charge in [0.15, 0.2) is 21.9 Å². The minimum Gasteiger partial charge on any atom is -0.484 e. The van der Waals surface area contributed by atoms with E-state index in [-0.39, 0.29) is 30.7 Å². The number of thioether (sulfide) groups is 2. The molecule has 0 saturated heterocycles. The highest BCUT2D eigenvalue weighted by molar-refractivity contribution is 8.01. The van der Waals surface area contributed by atoms with Crippen LogP contribution in [-0.2, 0) is 16.1 Å². The molecule has 38 heavy (non-hydrogen) atoms. The van der Waals surface area contributed by atoms with E-state index in [1.165, 1.54) is 23.1 Å². The van der Waals surface area contributed by atoms with Gasteiger partial charge in [0.1, 0.15) is 5.75 Å². The molecule has 0 aliphatic heterocycles. The lowest BCUT2D eigenvalue weighted by atomic mass is 10.3. The smallest absolute Gasteiger partial charge is 0.258 e. The maximum Gasteiger partial charge on any atom is 0.258 e. The van der Waals surface area contributed by atoms with Crippen molar-refractivity contribution in [2.75, 3.05) is 23.4 Å². The monoisotopic (exact) mass is 609 g/mol. The summed E-state index contributed by atoms with van der Waals surface area (Å²) in [5.41, 5.74) is 0.627. The molecule has 4 rings (SSSR count). The topological polar surface area (TPSA) is 124 Å². The van der Waals surface area contributed by atoms with E-state index in [4.69, 9.17) is 27.9 Å². The lowest BCUT2D eigenvalue weighted by Crippen LogP contribution is -2.29. The van der Waals surface area contributed by atoms with E-state index >= 15 is 0 Å². The van der Waals surface area contributed by atoms with Crippen molar-refractivity contribution in [3.8, 4) is 11.4 Å². The van der Waals surface area contributed by atoms with Crippen LogP contribution in [0, 0.1) is 0 Å². The average molecular weight is 611 g/mol. The van der Waals surface area contributed by atoms with Gasteiger partial charge in [-0.3, -0.25) is 19.5 Å². The molecule has 4 aromatic rings. The number of nitrogens with zero attached hydrogens (tertiary/aromatic N) is 5. The molecule has 0 aliphatic rings. The second-order valence-electron chi connectivity index (χ2n) is 7.35. The maximum absolute atomic E-state index is 12.5. The lowest BCUT2D eigenvalue weighted by Gasteiger charge is -2.12. The van der Waals surface area contributed by atoms with Gasteiger partial charge in [-0.15, -0.1) is 20.4 Å². The van der Waals surface area contributed by atoms with Gasteiger partial charge in [-0.05, 0) is 36.1 Å². The molecule has 0 atom stereocenters. The van der Waals surface area contributed by atoms with Crippen LogP contribution in [-0.4, -0.2) is 54.9 Å². The lowest BCUT2D eigenvalue weighted by molar-refractivity contribution is -0.123. The first-order valence-corrected chi connectivity index (χ1v) is 14.7. The van der Waals surface area contributed by atoms with Gasteiger partial charge in [-0.1, -0.05) is 83.2 Å². The number of para-hydroxylation sites is 1. The number of aromatic nitrogens is 5. The van der Waals surface area contributed by atoms with Crippen LogP contribution in [0.4, 0.5) is 5.13 Å². The summed E-state index contributed by atoms with van der Waals surface area (Å²) < 4.78 is 7.98. The summed E-state index contributed by atoms with van der Waals surface area (Å²) in [6.07, 6.45) is 0. The van der Waals surface area contributed by atoms with Crippen molar-refractivity contribution < 1.29 is 14.3 Å². The third-order valence-electron chi connectivity index (χ3n) is 4.67. The van der Waals surface area contributed by atoms with E-state index in [2.05, 4.69) is 31.0 Å². The number of hydrogen-bond donors (Lipinski definition) is 2. The standard InChI is InChI=1S/C23H21Cl2N7O3S3/c1-2-36-23-31-29-21(38-23)27-20(34)13-37-22-30-28-18(32(22)14-8-9-16(24)17(25)10-14)11-26-19(33)12-35-15-6-4-3-5-7-15/h3-10H,2,11-13H2,1H3,(H,26,33)(H,27,29,34). The van der Waals surface area contributed by atoms with Crippen LogP contribution >= 0.6 is 58.1 Å². The van der Waals surface area contributed by atoms with Crippen molar-refractivity contribution in [3.05, 3.63) is 64.4 Å². The Balaban J connectivity index is 1.43. The molecule has 10 nitrogen and oxygen atoms in total. The van der Waals surface area contributed by atoms with Gasteiger partial charge >= 0.3 is 0 Å². The molecule has 2 amide bonds. The van der Waals surface area contributed by atoms with Crippen LogP contribution in [0.2, 0.25) is 10.0 Å². The van der Waals surface area contributed by atoms with Crippen molar-refractivity contribution in [2.24, 2.45) is 0 Å². The number of carbonyl (C=O) groups is 2. The highest BCUT2D eigenvalue weighted by atomic mass is 35.5. The molecular weight excluding hydrogens is 589 g/mol. The summed E-state index contributed by atoms with van der Waals surface area (Å²) in [5, 5.41) is 23.6. The minimum atomic E-state index is -0.330. The van der Waals surface area contributed by atoms with Gasteiger partial charge in [0.25, 0.3) is 5.91 Å². The Morgan fingerprint density at radius 1 is 1.00 bits per heavy atom. The highest BCUT2D eigenvalue weighted by Gasteiger charge is 2.18. The molecule has 15 heteroatoms. The molecular formula is C23H21Cl2N7O3S3. The number of carbonyl (C=O) groups excluding carboxylic acids is 2. The number of hydrogen-bond acceptors (Lipinski definition) is 10. The number of benzene rings is 2. The van der Waals surface area contributed by atoms with Gasteiger partial charge in [0, 0.05) is 0 Å². The molecule has 2 heterocycles. The van der Waals surface area contributed by atoms with Crippen molar-refractivity contribution >= 4 is 75.0 Å². The minimum absolute atomic E-state index is 0.0482. The fourth-order valence-corrected chi connectivity index (χ4v) is 5.74. The Bertz CT molecular complexity index is 1400. The molecule has 0 spiro atoms. The number of halogens is 2. The molecule has 2 aromatic heterocycles. The maximum atomic E-state index is 12.5. The molecule has 0 fully saturated rings. The first-order valence-electron chi connectivity index (χ1n) is 11.2. The number of nitrogens with one attached hydrogen (secondary N) is 2. The third-order valence-corrected chi connectivity index (χ3v) is 8.19. The van der Waals surface area contributed by atoms with Crippen molar-refractivity contribution in [1.82, 2.24) is 30.3 Å². The van der Waals surface area contributed by atoms with Crippen molar-refractivity contribution in [3.63, 3.8) is 0 Å². The van der Waals surface area contributed by atoms with E-state index < -0.39 is 0 Å². The Morgan fingerprint density at radius 3 is 2.58 bits per heavy atom. The quantitative estimate of drug-likeness (QED) is 0.169. The van der Waals surface area contributed by atoms with E-state index in [0.29, 0.717) is 37.6 Å². The summed E-state index contributed by atoms with van der Waals surface area (Å²) >= 11 is 16.4. The van der Waals surface area contributed by atoms with E-state index in [0.717, 1.165) is 10.1 Å². The zero-order chi connectivity index (χ0) is 26.9. The fraction of sp³-hybridized carbons (Fsp3) is 0.217. The normalized spacial score (nSPS) is 10.8. The predicted octanol–water partition coefficient (Wildman–Crippen LogP) is 4.96. The largest absolute Gasteiger partial charge is 0.484 e. The summed E-state index contributed by atoms with van der Waals surface area (Å²) in [6.45, 7) is 1.93. The summed E-state index contributed by atoms with van der Waals surface area (Å²) in [5.74, 6) is 1.34. The number of amides is 2. The summed E-state index contributed by atoms with van der Waals surface area (Å²) in [6, 6.07) is 14.1. The van der Waals surface area contributed by atoms with E-state index in [1.807, 2.05) is 25.1 Å². The highest BCUT2D eigenvalue weighted by Crippen LogP contribution is 2.29. The zero-order valence-corrected chi connectivity index (χ0v) is 23.9. The van der Waals surface area contributed by atoms with Crippen molar-refractivity contribution in [1.29, 1.82) is 0 Å². The van der Waals surface area contributed by atoms with Gasteiger partial charge in [0.05, 0.1) is 28.0 Å². The summed E-state index contributed by atoms with van der Waals surface area (Å²) in [7, 11) is 0. The Kier molecular flexibility index (Phi) is 10.2. The first kappa shape index (κ1) is 28.2. The van der Waals surface area contributed by atoms with Gasteiger partial charge in [-0.25, -0.2) is 0 Å². The average Bonchev–Trinajstić information content (AvgIpc) is 3.54. The SMILES string of the molecule is CCSc1nnc(NC(=O)CSc2nnc(CNC(=O)COc3ccccc3)n2-c2ccc(Cl)c(Cl)c2)s1. The molecule has 198 valence electrons. The molecule has 0 aliphatic carbocycles. The molecule has 2 aromatic carbocycles. The van der Waals surface area contributed by atoms with Crippen LogP contribution in [0.15, 0.2) is 58.0 Å². The van der Waals surface area contributed by atoms with Gasteiger partial charge in [-0.2, -0.15) is 0 Å². The predicted molar refractivity (Wildman–Crippen MR) is 151 cm³/mol. The number of ether oxygens (including phenoxy) is 1. The molecule has 0 radical (unpaired) electrons. The summed E-state index contributed by atoms with van der Waals surface area (Å²) in [4.78, 5) is 24.9. The second-order valence-corrected chi connectivity index (χ2v) is 11.6. The molecule has 0 bridgehead atoms. The Hall–Kier alpha value is -2.84. The number of anilines is 1. The molecule has 0 saturated carbocycles. The molecule has 2 N–H and O–H groups in total. The van der Waals surface area contributed by atoms with E-state index in [9.17, 15) is 9.59 Å². The fourth-order valence-electron chi connectivity index (χ4n) is 3.01. The second kappa shape index (κ2) is 13.8. The third kappa shape index (κ3) is 7.84. The van der Waals surface area contributed by atoms with Crippen molar-refractivity contribution in [2.45, 2.75) is 23.0 Å². The van der Waals surface area contributed by atoms with Gasteiger partial charge < -0.3 is 10.1 Å². The Labute approximate surface area is 240 Å².